The second-order valence-corrected chi connectivity index (χ2v) is 6.53. The lowest BCUT2D eigenvalue weighted by atomic mass is 9.95. The fourth-order valence-electron chi connectivity index (χ4n) is 3.16. The summed E-state index contributed by atoms with van der Waals surface area (Å²) in [5, 5.41) is 11.7. The van der Waals surface area contributed by atoms with Crippen molar-refractivity contribution in [3.05, 3.63) is 46.4 Å². The first kappa shape index (κ1) is 14.5. The fourth-order valence-corrected chi connectivity index (χ4v) is 3.71. The van der Waals surface area contributed by atoms with Gasteiger partial charge in [0.1, 0.15) is 5.75 Å². The summed E-state index contributed by atoms with van der Waals surface area (Å²) in [5.41, 5.74) is 4.35. The zero-order chi connectivity index (χ0) is 14.5. The van der Waals surface area contributed by atoms with Crippen LogP contribution < -0.4 is 0 Å². The monoisotopic (exact) mass is 302 g/mol. The first-order valence-corrected chi connectivity index (χ1v) is 8.64. The van der Waals surface area contributed by atoms with Crippen LogP contribution >= 0.6 is 11.3 Å². The molecule has 0 amide bonds. The van der Waals surface area contributed by atoms with Crippen molar-refractivity contribution in [3.8, 4) is 5.75 Å². The van der Waals surface area contributed by atoms with Crippen LogP contribution in [0.2, 0.25) is 0 Å². The van der Waals surface area contributed by atoms with Crippen molar-refractivity contribution in [2.75, 3.05) is 6.54 Å². The van der Waals surface area contributed by atoms with Gasteiger partial charge in [-0.3, -0.25) is 4.90 Å². The van der Waals surface area contributed by atoms with E-state index in [4.69, 9.17) is 0 Å². The van der Waals surface area contributed by atoms with Gasteiger partial charge in [-0.1, -0.05) is 18.6 Å². The molecule has 4 heteroatoms. The van der Waals surface area contributed by atoms with Crippen LogP contribution in [0.4, 0.5) is 0 Å². The molecule has 0 spiro atoms. The molecule has 0 saturated carbocycles. The Morgan fingerprint density at radius 2 is 2.29 bits per heavy atom. The second-order valence-electron chi connectivity index (χ2n) is 5.81. The Bertz CT molecular complexity index is 556. The highest BCUT2D eigenvalue weighted by atomic mass is 32.1. The van der Waals surface area contributed by atoms with Crippen molar-refractivity contribution < 1.29 is 5.11 Å². The number of phenols is 1. The maximum Gasteiger partial charge on any atom is 0.115 e. The fraction of sp³-hybridized carbons (Fsp3) is 0.471. The van der Waals surface area contributed by atoms with Gasteiger partial charge >= 0.3 is 0 Å². The standard InChI is InChI=1S/C17H22N2OS/c20-17-6-3-4-14(10-17)7-8-16-5-1-2-9-19(16)11-15-12-21-13-18-15/h3-4,6,10,12-13,16,20H,1-2,5,7-9,11H2/t16-/m1/s1. The highest BCUT2D eigenvalue weighted by Crippen LogP contribution is 2.24. The Morgan fingerprint density at radius 3 is 3.10 bits per heavy atom. The predicted octanol–water partition coefficient (Wildman–Crippen LogP) is 3.84. The van der Waals surface area contributed by atoms with Crippen LogP contribution in [0.15, 0.2) is 35.2 Å². The molecule has 1 N–H and O–H groups in total. The molecule has 1 aliphatic rings. The Balaban J connectivity index is 1.59. The number of rotatable bonds is 5. The average Bonchev–Trinajstić information content (AvgIpc) is 2.99. The van der Waals surface area contributed by atoms with E-state index < -0.39 is 0 Å². The number of hydrogen-bond acceptors (Lipinski definition) is 4. The minimum Gasteiger partial charge on any atom is -0.508 e. The van der Waals surface area contributed by atoms with E-state index in [0.717, 1.165) is 19.4 Å². The Hall–Kier alpha value is -1.39. The van der Waals surface area contributed by atoms with Crippen LogP contribution in [0.5, 0.6) is 5.75 Å². The summed E-state index contributed by atoms with van der Waals surface area (Å²) in [5.74, 6) is 0.371. The van der Waals surface area contributed by atoms with E-state index in [2.05, 4.69) is 21.3 Å². The van der Waals surface area contributed by atoms with Crippen molar-refractivity contribution in [2.45, 2.75) is 44.7 Å². The molecule has 3 nitrogen and oxygen atoms in total. The SMILES string of the molecule is Oc1cccc(CC[C@H]2CCCCN2Cc2cscn2)c1. The number of hydrogen-bond donors (Lipinski definition) is 1. The first-order chi connectivity index (χ1) is 10.3. The number of aryl methyl sites for hydroxylation is 1. The van der Waals surface area contributed by atoms with Gasteiger partial charge in [-0.25, -0.2) is 4.98 Å². The van der Waals surface area contributed by atoms with E-state index in [0.29, 0.717) is 11.8 Å². The lowest BCUT2D eigenvalue weighted by molar-refractivity contribution is 0.131. The van der Waals surface area contributed by atoms with E-state index in [1.54, 1.807) is 17.4 Å². The Morgan fingerprint density at radius 1 is 1.33 bits per heavy atom. The van der Waals surface area contributed by atoms with Crippen molar-refractivity contribution in [2.24, 2.45) is 0 Å². The number of nitrogens with zero attached hydrogens (tertiary/aromatic N) is 2. The topological polar surface area (TPSA) is 36.4 Å². The van der Waals surface area contributed by atoms with Crippen LogP contribution in [0.3, 0.4) is 0 Å². The summed E-state index contributed by atoms with van der Waals surface area (Å²) in [6.07, 6.45) is 6.11. The zero-order valence-electron chi connectivity index (χ0n) is 12.2. The summed E-state index contributed by atoms with van der Waals surface area (Å²) in [7, 11) is 0. The zero-order valence-corrected chi connectivity index (χ0v) is 13.1. The molecule has 1 saturated heterocycles. The number of benzene rings is 1. The molecule has 1 atom stereocenters. The third-order valence-corrected chi connectivity index (χ3v) is 4.91. The predicted molar refractivity (Wildman–Crippen MR) is 86.6 cm³/mol. The minimum atomic E-state index is 0.371. The van der Waals surface area contributed by atoms with E-state index in [1.165, 1.54) is 37.1 Å². The van der Waals surface area contributed by atoms with E-state index in [9.17, 15) is 5.11 Å². The molecule has 1 aromatic carbocycles. The van der Waals surface area contributed by atoms with Crippen molar-refractivity contribution in [1.82, 2.24) is 9.88 Å². The quantitative estimate of drug-likeness (QED) is 0.911. The van der Waals surface area contributed by atoms with Crippen molar-refractivity contribution in [3.63, 3.8) is 0 Å². The summed E-state index contributed by atoms with van der Waals surface area (Å²) < 4.78 is 0. The van der Waals surface area contributed by atoms with Crippen molar-refractivity contribution >= 4 is 11.3 Å². The number of thiazole rings is 1. The third-order valence-electron chi connectivity index (χ3n) is 4.27. The number of likely N-dealkylation sites (tertiary alicyclic amines) is 1. The second kappa shape index (κ2) is 7.05. The summed E-state index contributed by atoms with van der Waals surface area (Å²) in [6, 6.07) is 8.29. The molecule has 3 rings (SSSR count). The van der Waals surface area contributed by atoms with Crippen LogP contribution in [-0.4, -0.2) is 27.6 Å². The number of aromatic hydroxyl groups is 1. The smallest absolute Gasteiger partial charge is 0.115 e. The third kappa shape index (κ3) is 4.05. The Kier molecular flexibility index (Phi) is 4.88. The molecule has 0 unspecified atom stereocenters. The summed E-state index contributed by atoms with van der Waals surface area (Å²) >= 11 is 1.68. The van der Waals surface area contributed by atoms with Crippen LogP contribution in [0, 0.1) is 0 Å². The van der Waals surface area contributed by atoms with Gasteiger partial charge in [0.2, 0.25) is 0 Å². The maximum absolute atomic E-state index is 9.56. The molecule has 21 heavy (non-hydrogen) atoms. The molecule has 0 radical (unpaired) electrons. The molecule has 2 aromatic rings. The van der Waals surface area contributed by atoms with Gasteiger partial charge in [-0.2, -0.15) is 0 Å². The number of phenolic OH excluding ortho intramolecular Hbond substituents is 1. The van der Waals surface area contributed by atoms with Gasteiger partial charge in [-0.15, -0.1) is 11.3 Å². The van der Waals surface area contributed by atoms with Crippen LogP contribution in [0.25, 0.3) is 0 Å². The largest absolute Gasteiger partial charge is 0.508 e. The minimum absolute atomic E-state index is 0.371. The Labute approximate surface area is 130 Å². The highest BCUT2D eigenvalue weighted by Gasteiger charge is 2.22. The van der Waals surface area contributed by atoms with Crippen LogP contribution in [-0.2, 0) is 13.0 Å². The van der Waals surface area contributed by atoms with Crippen LogP contribution in [0.1, 0.15) is 36.9 Å². The lowest BCUT2D eigenvalue weighted by Crippen LogP contribution is -2.39. The lowest BCUT2D eigenvalue weighted by Gasteiger charge is -2.35. The molecule has 0 bridgehead atoms. The number of aromatic nitrogens is 1. The average molecular weight is 302 g/mol. The number of piperidine rings is 1. The molecular formula is C17H22N2OS. The molecule has 1 aliphatic heterocycles. The van der Waals surface area contributed by atoms with E-state index in [-0.39, 0.29) is 0 Å². The first-order valence-electron chi connectivity index (χ1n) is 7.70. The van der Waals surface area contributed by atoms with E-state index >= 15 is 0 Å². The molecule has 0 aliphatic carbocycles. The van der Waals surface area contributed by atoms with Gasteiger partial charge in [0.25, 0.3) is 0 Å². The summed E-state index contributed by atoms with van der Waals surface area (Å²) in [4.78, 5) is 7.00. The van der Waals surface area contributed by atoms with Gasteiger partial charge in [-0.05, 0) is 49.9 Å². The van der Waals surface area contributed by atoms with E-state index in [1.807, 2.05) is 17.6 Å². The normalized spacial score (nSPS) is 19.7. The molecule has 2 heterocycles. The van der Waals surface area contributed by atoms with Gasteiger partial charge < -0.3 is 5.11 Å². The summed E-state index contributed by atoms with van der Waals surface area (Å²) in [6.45, 7) is 2.16. The van der Waals surface area contributed by atoms with Gasteiger partial charge in [0.05, 0.1) is 11.2 Å². The van der Waals surface area contributed by atoms with Crippen molar-refractivity contribution in [1.29, 1.82) is 0 Å². The molecule has 1 fully saturated rings. The van der Waals surface area contributed by atoms with Gasteiger partial charge in [0.15, 0.2) is 0 Å². The molecule has 112 valence electrons. The highest BCUT2D eigenvalue weighted by molar-refractivity contribution is 7.07. The van der Waals surface area contributed by atoms with Gasteiger partial charge in [0, 0.05) is 18.0 Å². The molecular weight excluding hydrogens is 280 g/mol. The molecule has 1 aromatic heterocycles. The maximum atomic E-state index is 9.56.